The zero-order valence-corrected chi connectivity index (χ0v) is 38.2. The van der Waals surface area contributed by atoms with Gasteiger partial charge in [0.05, 0.1) is 16.8 Å². The van der Waals surface area contributed by atoms with E-state index >= 15 is 0 Å². The van der Waals surface area contributed by atoms with Gasteiger partial charge in [-0.2, -0.15) is 0 Å². The molecule has 1 aliphatic carbocycles. The summed E-state index contributed by atoms with van der Waals surface area (Å²) in [6.45, 7) is 7.50. The molecule has 0 saturated carbocycles. The van der Waals surface area contributed by atoms with Gasteiger partial charge < -0.3 is 16.4 Å². The molecular formula is C63H57N3. The number of hydrogen-bond acceptors (Lipinski definition) is 3. The molecular weight excluding hydrogens is 799 g/mol. The maximum absolute atomic E-state index is 6.06. The average Bonchev–Trinajstić information content (AvgIpc) is 3.67. The third-order valence-corrected chi connectivity index (χ3v) is 12.6. The zero-order valence-electron chi connectivity index (χ0n) is 38.2. The Morgan fingerprint density at radius 2 is 0.833 bits per heavy atom. The van der Waals surface area contributed by atoms with Crippen LogP contribution in [0.2, 0.25) is 0 Å². The summed E-state index contributed by atoms with van der Waals surface area (Å²) in [6.07, 6.45) is 1.25. The van der Waals surface area contributed by atoms with Crippen LogP contribution in [0, 0.1) is 6.92 Å². The lowest BCUT2D eigenvalue weighted by Gasteiger charge is -2.45. The third kappa shape index (κ3) is 8.31. The highest BCUT2D eigenvalue weighted by molar-refractivity contribution is 6.03. The predicted octanol–water partition coefficient (Wildman–Crippen LogP) is 15.8. The molecule has 3 nitrogen and oxygen atoms in total. The first-order valence-electron chi connectivity index (χ1n) is 23.2. The van der Waals surface area contributed by atoms with Crippen LogP contribution in [0.4, 0.5) is 17.1 Å². The third-order valence-electron chi connectivity index (χ3n) is 12.6. The maximum Gasteiger partial charge on any atom is 0.0754 e. The largest absolute Gasteiger partial charge is 0.326 e. The number of benzene rings is 10. The van der Waals surface area contributed by atoms with Crippen LogP contribution in [0.15, 0.2) is 231 Å². The van der Waals surface area contributed by atoms with Gasteiger partial charge in [-0.05, 0) is 133 Å². The van der Waals surface area contributed by atoms with Crippen LogP contribution >= 0.6 is 0 Å². The van der Waals surface area contributed by atoms with Crippen molar-refractivity contribution in [1.29, 1.82) is 0 Å². The van der Waals surface area contributed by atoms with Crippen molar-refractivity contribution in [1.82, 2.24) is 0 Å². The van der Waals surface area contributed by atoms with E-state index in [1.165, 1.54) is 95.0 Å². The van der Waals surface area contributed by atoms with Crippen molar-refractivity contribution in [2.75, 3.05) is 4.90 Å². The smallest absolute Gasteiger partial charge is 0.0754 e. The molecule has 0 fully saturated rings. The van der Waals surface area contributed by atoms with Gasteiger partial charge in [0, 0.05) is 18.8 Å². The Labute approximate surface area is 390 Å². The zero-order chi connectivity index (χ0) is 45.5. The average molecular weight is 856 g/mol. The van der Waals surface area contributed by atoms with Gasteiger partial charge in [0.2, 0.25) is 0 Å². The normalized spacial score (nSPS) is 12.3. The molecule has 12 rings (SSSR count). The first-order valence-corrected chi connectivity index (χ1v) is 23.2. The van der Waals surface area contributed by atoms with Crippen molar-refractivity contribution < 1.29 is 0 Å². The van der Waals surface area contributed by atoms with Crippen molar-refractivity contribution in [2.24, 2.45) is 11.5 Å². The number of fused-ring (bicyclic) bond motifs is 11. The summed E-state index contributed by atoms with van der Waals surface area (Å²) >= 11 is 0. The number of aryl methyl sites for hydroxylation is 1. The summed E-state index contributed by atoms with van der Waals surface area (Å²) in [5.74, 6) is 0. The quantitative estimate of drug-likeness (QED) is 0.185. The predicted molar refractivity (Wildman–Crippen MR) is 282 cm³/mol. The van der Waals surface area contributed by atoms with Crippen molar-refractivity contribution in [3.63, 3.8) is 0 Å². The van der Waals surface area contributed by atoms with E-state index < -0.39 is 5.41 Å². The summed E-state index contributed by atoms with van der Waals surface area (Å²) < 4.78 is 0. The minimum Gasteiger partial charge on any atom is -0.326 e. The lowest BCUT2D eigenvalue weighted by Crippen LogP contribution is -2.36. The van der Waals surface area contributed by atoms with E-state index in [9.17, 15) is 0 Å². The molecule has 1 heterocycles. The molecule has 324 valence electrons. The van der Waals surface area contributed by atoms with E-state index in [0.717, 1.165) is 11.3 Å². The van der Waals surface area contributed by atoms with Gasteiger partial charge in [0.1, 0.15) is 0 Å². The van der Waals surface area contributed by atoms with Crippen molar-refractivity contribution in [2.45, 2.75) is 45.7 Å². The highest BCUT2D eigenvalue weighted by Gasteiger charge is 2.52. The highest BCUT2D eigenvalue weighted by atomic mass is 15.2. The van der Waals surface area contributed by atoms with Gasteiger partial charge in [-0.25, -0.2) is 0 Å². The Morgan fingerprint density at radius 1 is 0.379 bits per heavy atom. The monoisotopic (exact) mass is 855 g/mol. The molecule has 0 bridgehead atoms. The Bertz CT molecular complexity index is 3140. The minimum absolute atomic E-state index is 0.520. The Kier molecular flexibility index (Phi) is 13.0. The van der Waals surface area contributed by atoms with Gasteiger partial charge in [0.25, 0.3) is 0 Å². The van der Waals surface area contributed by atoms with Gasteiger partial charge in [-0.3, -0.25) is 0 Å². The molecule has 2 aliphatic rings. The lowest BCUT2D eigenvalue weighted by molar-refractivity contribution is 0.756. The number of nitrogens with zero attached hydrogens (tertiary/aromatic N) is 1. The second-order valence-electron chi connectivity index (χ2n) is 17.1. The molecule has 10 aromatic carbocycles. The standard InChI is InChI=1S/C46H32N2.C7H9N.C7H8.C3H8/c47-29-30-11-10-16-31(23-30)36-21-22-41-39(24-36)38-19-8-9-20-40(38)46(41)42-25-32-12-4-6-14-34(32)27-44(42)48(37-17-2-1-3-18-37)45-28-35-15-7-5-13-33(35)26-43(45)46;8-6-7-4-2-1-3-5-7;1-7-5-3-2-4-6-7;1-3-2/h1-28H,29,47H2;1-5H,6,8H2;2-6H,1H3;3H2,1-2H3. The fourth-order valence-corrected chi connectivity index (χ4v) is 9.63. The SMILES string of the molecule is CCC.Cc1ccccc1.NCc1cccc(-c2ccc3c(c2)-c2ccccc2C32c3cc4ccccc4cc3N(c3ccccc3)c3cc4ccccc4cc32)c1.NCc1ccccc1. The van der Waals surface area contributed by atoms with Crippen molar-refractivity contribution in [3.05, 3.63) is 269 Å². The highest BCUT2D eigenvalue weighted by Crippen LogP contribution is 2.64. The fourth-order valence-electron chi connectivity index (χ4n) is 9.63. The van der Waals surface area contributed by atoms with Crippen molar-refractivity contribution >= 4 is 38.6 Å². The van der Waals surface area contributed by atoms with Crippen LogP contribution in [0.5, 0.6) is 0 Å². The topological polar surface area (TPSA) is 55.3 Å². The second kappa shape index (κ2) is 19.7. The summed E-state index contributed by atoms with van der Waals surface area (Å²) in [6, 6.07) is 83.2. The molecule has 1 spiro atoms. The molecule has 0 atom stereocenters. The van der Waals surface area contributed by atoms with E-state index in [1.807, 2.05) is 48.5 Å². The Balaban J connectivity index is 0.000000256. The van der Waals surface area contributed by atoms with E-state index in [1.54, 1.807) is 0 Å². The minimum atomic E-state index is -0.520. The summed E-state index contributed by atoms with van der Waals surface area (Å²) in [5.41, 5.74) is 28.3. The van der Waals surface area contributed by atoms with Gasteiger partial charge in [-0.1, -0.05) is 208 Å². The van der Waals surface area contributed by atoms with Gasteiger partial charge >= 0.3 is 0 Å². The number of anilines is 3. The van der Waals surface area contributed by atoms with Crippen LogP contribution in [0.1, 0.15) is 59.2 Å². The summed E-state index contributed by atoms with van der Waals surface area (Å²) in [4.78, 5) is 2.49. The molecule has 0 radical (unpaired) electrons. The van der Waals surface area contributed by atoms with Gasteiger partial charge in [0.15, 0.2) is 0 Å². The van der Waals surface area contributed by atoms with Crippen LogP contribution in [-0.4, -0.2) is 0 Å². The molecule has 66 heavy (non-hydrogen) atoms. The Hall–Kier alpha value is -7.56. The van der Waals surface area contributed by atoms with E-state index in [2.05, 4.69) is 208 Å². The van der Waals surface area contributed by atoms with Crippen molar-refractivity contribution in [3.8, 4) is 22.3 Å². The number of hydrogen-bond donors (Lipinski definition) is 2. The molecule has 4 N–H and O–H groups in total. The lowest BCUT2D eigenvalue weighted by atomic mass is 9.64. The molecule has 3 heteroatoms. The van der Waals surface area contributed by atoms with Crippen LogP contribution in [-0.2, 0) is 18.5 Å². The van der Waals surface area contributed by atoms with Crippen LogP contribution < -0.4 is 16.4 Å². The van der Waals surface area contributed by atoms with E-state index in [-0.39, 0.29) is 0 Å². The number of rotatable bonds is 4. The number of para-hydroxylation sites is 1. The molecule has 1 aliphatic heterocycles. The van der Waals surface area contributed by atoms with E-state index in [4.69, 9.17) is 11.5 Å². The number of nitrogens with two attached hydrogens (primary N) is 2. The first-order chi connectivity index (χ1) is 32.5. The molecule has 0 saturated heterocycles. The molecule has 0 aromatic heterocycles. The Morgan fingerprint density at radius 3 is 1.36 bits per heavy atom. The second-order valence-corrected chi connectivity index (χ2v) is 17.1. The van der Waals surface area contributed by atoms with Crippen LogP contribution in [0.25, 0.3) is 43.8 Å². The summed E-state index contributed by atoms with van der Waals surface area (Å²) in [7, 11) is 0. The van der Waals surface area contributed by atoms with Crippen LogP contribution in [0.3, 0.4) is 0 Å². The molecule has 0 amide bonds. The summed E-state index contributed by atoms with van der Waals surface area (Å²) in [5, 5.41) is 4.96. The van der Waals surface area contributed by atoms with E-state index in [0.29, 0.717) is 13.1 Å². The molecule has 10 aromatic rings. The molecule has 0 unspecified atom stereocenters. The fraction of sp³-hybridized carbons (Fsp3) is 0.111. The van der Waals surface area contributed by atoms with Gasteiger partial charge in [-0.15, -0.1) is 0 Å². The first kappa shape index (κ1) is 43.7. The maximum atomic E-state index is 6.06.